The molecule has 1 heterocycles. The van der Waals surface area contributed by atoms with Crippen LogP contribution in [0.25, 0.3) is 0 Å². The van der Waals surface area contributed by atoms with Gasteiger partial charge in [-0.25, -0.2) is 0 Å². The molecule has 1 N–H and O–H groups in total. The second-order valence-electron chi connectivity index (χ2n) is 5.24. The molecule has 0 saturated heterocycles. The van der Waals surface area contributed by atoms with Crippen molar-refractivity contribution in [3.63, 3.8) is 0 Å². The highest BCUT2D eigenvalue weighted by molar-refractivity contribution is 5.95. The average Bonchev–Trinajstić information content (AvgIpc) is 2.72. The van der Waals surface area contributed by atoms with E-state index in [0.717, 1.165) is 12.8 Å². The van der Waals surface area contributed by atoms with Gasteiger partial charge in [-0.15, -0.1) is 10.2 Å². The van der Waals surface area contributed by atoms with Crippen molar-refractivity contribution < 1.29 is 9.90 Å². The summed E-state index contributed by atoms with van der Waals surface area (Å²) in [6.45, 7) is 2.24. The number of azo groups is 1. The predicted octanol–water partition coefficient (Wildman–Crippen LogP) is 5.06. The summed E-state index contributed by atoms with van der Waals surface area (Å²) in [5.74, 6) is -0.547. The fourth-order valence-electron chi connectivity index (χ4n) is 2.32. The molecule has 4 heteroatoms. The van der Waals surface area contributed by atoms with Gasteiger partial charge in [-0.05, 0) is 12.8 Å². The van der Waals surface area contributed by atoms with Crippen molar-refractivity contribution in [2.75, 3.05) is 0 Å². The van der Waals surface area contributed by atoms with Gasteiger partial charge in [-0.1, -0.05) is 64.7 Å². The van der Waals surface area contributed by atoms with Crippen molar-refractivity contribution in [2.24, 2.45) is 10.2 Å². The van der Waals surface area contributed by atoms with Gasteiger partial charge in [-0.2, -0.15) is 0 Å². The molecule has 1 amide bonds. The third kappa shape index (κ3) is 6.50. The summed E-state index contributed by atoms with van der Waals surface area (Å²) in [4.78, 5) is 11.2. The molecule has 4 nitrogen and oxygen atoms in total. The first kappa shape index (κ1) is 15.9. The molecule has 0 saturated carbocycles. The van der Waals surface area contributed by atoms with E-state index in [1.807, 2.05) is 0 Å². The van der Waals surface area contributed by atoms with Crippen LogP contribution in [0.4, 0.5) is 0 Å². The van der Waals surface area contributed by atoms with E-state index in [-0.39, 0.29) is 11.8 Å². The van der Waals surface area contributed by atoms with E-state index in [4.69, 9.17) is 0 Å². The second kappa shape index (κ2) is 9.70. The molecule has 0 spiro atoms. The van der Waals surface area contributed by atoms with Crippen molar-refractivity contribution in [3.05, 3.63) is 11.5 Å². The zero-order valence-electron chi connectivity index (χ0n) is 12.0. The highest BCUT2D eigenvalue weighted by atomic mass is 16.3. The van der Waals surface area contributed by atoms with Gasteiger partial charge in [0.2, 0.25) is 5.88 Å². The van der Waals surface area contributed by atoms with Crippen molar-refractivity contribution in [3.8, 4) is 0 Å². The summed E-state index contributed by atoms with van der Waals surface area (Å²) in [5, 5.41) is 16.0. The fraction of sp³-hybridized carbons (Fsp3) is 0.800. The molecular formula is C15H26N2O2. The van der Waals surface area contributed by atoms with Gasteiger partial charge in [0.05, 0.1) is 5.57 Å². The molecular weight excluding hydrogens is 240 g/mol. The van der Waals surface area contributed by atoms with Crippen molar-refractivity contribution >= 4 is 5.91 Å². The summed E-state index contributed by atoms with van der Waals surface area (Å²) in [5.41, 5.74) is 0.388. The maximum Gasteiger partial charge on any atom is 0.296 e. The van der Waals surface area contributed by atoms with Gasteiger partial charge in [-0.3, -0.25) is 4.79 Å². The standard InChI is InChI=1S/C15H26N2O2/c1-2-3-4-5-6-7-8-9-10-11-12-13-14(18)16-17-15(13)19/h18H,2-12H2,1H3. The molecule has 0 radical (unpaired) electrons. The number of rotatable bonds is 11. The van der Waals surface area contributed by atoms with Crippen molar-refractivity contribution in [2.45, 2.75) is 77.6 Å². The molecule has 0 aromatic carbocycles. The van der Waals surface area contributed by atoms with Gasteiger partial charge >= 0.3 is 0 Å². The van der Waals surface area contributed by atoms with Crippen molar-refractivity contribution in [1.29, 1.82) is 0 Å². The minimum absolute atomic E-state index is 0.180. The van der Waals surface area contributed by atoms with Crippen LogP contribution in [0.2, 0.25) is 0 Å². The normalized spacial score (nSPS) is 14.7. The minimum Gasteiger partial charge on any atom is -0.492 e. The Hall–Kier alpha value is -1.19. The third-order valence-electron chi connectivity index (χ3n) is 3.54. The molecule has 1 rings (SSSR count). The van der Waals surface area contributed by atoms with E-state index in [1.165, 1.54) is 51.4 Å². The van der Waals surface area contributed by atoms with Crippen LogP contribution >= 0.6 is 0 Å². The summed E-state index contributed by atoms with van der Waals surface area (Å²) < 4.78 is 0. The number of amides is 1. The maximum atomic E-state index is 11.2. The predicted molar refractivity (Wildman–Crippen MR) is 76.0 cm³/mol. The molecule has 0 atom stereocenters. The molecule has 0 bridgehead atoms. The third-order valence-corrected chi connectivity index (χ3v) is 3.54. The van der Waals surface area contributed by atoms with Gasteiger partial charge in [0, 0.05) is 0 Å². The lowest BCUT2D eigenvalue weighted by Crippen LogP contribution is -1.96. The van der Waals surface area contributed by atoms with Gasteiger partial charge in [0.15, 0.2) is 0 Å². The van der Waals surface area contributed by atoms with E-state index in [9.17, 15) is 9.90 Å². The Morgan fingerprint density at radius 1 is 0.842 bits per heavy atom. The van der Waals surface area contributed by atoms with Crippen molar-refractivity contribution in [1.82, 2.24) is 0 Å². The lowest BCUT2D eigenvalue weighted by Gasteiger charge is -2.02. The smallest absolute Gasteiger partial charge is 0.296 e. The molecule has 1 aliphatic heterocycles. The summed E-state index contributed by atoms with van der Waals surface area (Å²) in [6, 6.07) is 0. The summed E-state index contributed by atoms with van der Waals surface area (Å²) in [6.07, 6.45) is 13.2. The molecule has 0 fully saturated rings. The van der Waals surface area contributed by atoms with Crippen LogP contribution in [-0.4, -0.2) is 11.0 Å². The van der Waals surface area contributed by atoms with Crippen LogP contribution in [0.1, 0.15) is 77.6 Å². The topological polar surface area (TPSA) is 62.0 Å². The maximum absolute atomic E-state index is 11.2. The molecule has 0 aromatic heterocycles. The quantitative estimate of drug-likeness (QED) is 0.531. The molecule has 0 unspecified atom stereocenters. The lowest BCUT2D eigenvalue weighted by molar-refractivity contribution is -0.114. The van der Waals surface area contributed by atoms with Crippen LogP contribution in [0.3, 0.4) is 0 Å². The van der Waals surface area contributed by atoms with Crippen LogP contribution in [0.15, 0.2) is 21.7 Å². The average molecular weight is 266 g/mol. The zero-order chi connectivity index (χ0) is 13.9. The first-order chi connectivity index (χ1) is 9.25. The highest BCUT2D eigenvalue weighted by Gasteiger charge is 2.19. The Bertz CT molecular complexity index is 335. The molecule has 0 aliphatic carbocycles. The van der Waals surface area contributed by atoms with Crippen LogP contribution < -0.4 is 0 Å². The summed E-state index contributed by atoms with van der Waals surface area (Å²) in [7, 11) is 0. The van der Waals surface area contributed by atoms with E-state index in [2.05, 4.69) is 17.2 Å². The van der Waals surface area contributed by atoms with E-state index >= 15 is 0 Å². The minimum atomic E-state index is -0.367. The first-order valence-electron chi connectivity index (χ1n) is 7.64. The van der Waals surface area contributed by atoms with E-state index < -0.39 is 0 Å². The number of nitrogens with zero attached hydrogens (tertiary/aromatic N) is 2. The molecule has 19 heavy (non-hydrogen) atoms. The molecule has 108 valence electrons. The Morgan fingerprint density at radius 2 is 1.37 bits per heavy atom. The largest absolute Gasteiger partial charge is 0.492 e. The number of aliphatic hydroxyl groups is 1. The number of carbonyl (C=O) groups excluding carboxylic acids is 1. The lowest BCUT2D eigenvalue weighted by atomic mass is 10.0. The highest BCUT2D eigenvalue weighted by Crippen LogP contribution is 2.20. The van der Waals surface area contributed by atoms with Crippen LogP contribution in [-0.2, 0) is 4.79 Å². The van der Waals surface area contributed by atoms with Gasteiger partial charge in [0.25, 0.3) is 5.91 Å². The fourth-order valence-corrected chi connectivity index (χ4v) is 2.32. The SMILES string of the molecule is CCCCCCCCCCCCC1=C(O)N=NC1=O. The van der Waals surface area contributed by atoms with Crippen LogP contribution in [0.5, 0.6) is 0 Å². The number of hydrogen-bond acceptors (Lipinski definition) is 3. The Morgan fingerprint density at radius 3 is 1.84 bits per heavy atom. The number of carbonyl (C=O) groups is 1. The number of hydrogen-bond donors (Lipinski definition) is 1. The zero-order valence-corrected chi connectivity index (χ0v) is 12.0. The Kier molecular flexibility index (Phi) is 8.10. The molecule has 0 aromatic rings. The first-order valence-corrected chi connectivity index (χ1v) is 7.64. The second-order valence-corrected chi connectivity index (χ2v) is 5.24. The monoisotopic (exact) mass is 266 g/mol. The Labute approximate surface area is 116 Å². The van der Waals surface area contributed by atoms with Crippen LogP contribution in [0, 0.1) is 0 Å². The number of unbranched alkanes of at least 4 members (excludes halogenated alkanes) is 9. The van der Waals surface area contributed by atoms with Gasteiger partial charge in [0.1, 0.15) is 0 Å². The Balaban J connectivity index is 1.89. The number of aliphatic hydroxyl groups excluding tert-OH is 1. The van der Waals surface area contributed by atoms with E-state index in [1.54, 1.807) is 0 Å². The molecule has 1 aliphatic rings. The van der Waals surface area contributed by atoms with E-state index in [0.29, 0.717) is 12.0 Å². The summed E-state index contributed by atoms with van der Waals surface area (Å²) >= 11 is 0. The van der Waals surface area contributed by atoms with Gasteiger partial charge < -0.3 is 5.11 Å².